The van der Waals surface area contributed by atoms with Gasteiger partial charge >= 0.3 is 5.84 Å². The maximum absolute atomic E-state index is 12.2. The predicted molar refractivity (Wildman–Crippen MR) is 182 cm³/mol. The fourth-order valence-corrected chi connectivity index (χ4v) is 3.76. The van der Waals surface area contributed by atoms with Crippen molar-refractivity contribution >= 4 is 34.7 Å². The normalized spacial score (nSPS) is 11.2. The second kappa shape index (κ2) is 16.4. The first-order valence-corrected chi connectivity index (χ1v) is 14.0. The molecule has 2 heterocycles. The van der Waals surface area contributed by atoms with Crippen LogP contribution in [-0.4, -0.2) is 37.1 Å². The number of carbonyl (C=O) groups excluding carboxylic acids is 1. The number of aromatic amines is 2. The summed E-state index contributed by atoms with van der Waals surface area (Å²) < 4.78 is 0. The lowest BCUT2D eigenvalue weighted by atomic mass is 9.90. The van der Waals surface area contributed by atoms with Crippen LogP contribution in [0.4, 0.5) is 17.3 Å². The zero-order valence-corrected chi connectivity index (χ0v) is 26.9. The Balaban J connectivity index is 0.000000278. The van der Waals surface area contributed by atoms with E-state index in [0.29, 0.717) is 28.1 Å². The number of nitrogens with one attached hydrogen (secondary N) is 3. The van der Waals surface area contributed by atoms with Crippen LogP contribution in [0.2, 0.25) is 0 Å². The van der Waals surface area contributed by atoms with Gasteiger partial charge in [0, 0.05) is 22.2 Å². The Morgan fingerprint density at radius 3 is 1.91 bits per heavy atom. The van der Waals surface area contributed by atoms with Gasteiger partial charge in [0.2, 0.25) is 11.6 Å². The second-order valence-corrected chi connectivity index (χ2v) is 11.7. The molecule has 0 aliphatic rings. The average molecular weight is 630 g/mol. The number of nitrogens with zero attached hydrogens (tertiary/aromatic N) is 7. The van der Waals surface area contributed by atoms with E-state index in [1.807, 2.05) is 59.7 Å². The first-order valence-electron chi connectivity index (χ1n) is 14.0. The zero-order valence-electron chi connectivity index (χ0n) is 26.9. The van der Waals surface area contributed by atoms with Gasteiger partial charge in [-0.05, 0) is 10.5 Å². The number of anilines is 2. The first kappa shape index (κ1) is 36.5. The van der Waals surface area contributed by atoms with E-state index >= 15 is 0 Å². The summed E-state index contributed by atoms with van der Waals surface area (Å²) in [6, 6.07) is 19.4. The quantitative estimate of drug-likeness (QED) is 0.0380. The highest BCUT2D eigenvalue weighted by Gasteiger charge is 2.25. The van der Waals surface area contributed by atoms with E-state index in [-0.39, 0.29) is 34.1 Å². The molecule has 0 aliphatic carbocycles. The number of aliphatic hydroxyl groups is 1. The third-order valence-electron chi connectivity index (χ3n) is 6.13. The van der Waals surface area contributed by atoms with Gasteiger partial charge in [-0.3, -0.25) is 10.2 Å². The van der Waals surface area contributed by atoms with Gasteiger partial charge in [-0.15, -0.1) is 0 Å². The Morgan fingerprint density at radius 2 is 1.47 bits per heavy atom. The molecule has 13 heteroatoms. The van der Waals surface area contributed by atoms with E-state index in [9.17, 15) is 10.1 Å². The minimum absolute atomic E-state index is 0.0144. The topological polar surface area (TPSA) is 182 Å². The smallest absolute Gasteiger partial charge is 0.341 e. The van der Waals surface area contributed by atoms with Crippen LogP contribution < -0.4 is 11.2 Å². The number of hydrogen-bond donors (Lipinski definition) is 5. The summed E-state index contributed by atoms with van der Waals surface area (Å²) in [5, 5.41) is 35.7. The molecule has 4 rings (SSSR count). The molecule has 0 radical (unpaired) electrons. The molecule has 238 valence electrons. The Labute approximate surface area is 273 Å². The van der Waals surface area contributed by atoms with Gasteiger partial charge in [-0.25, -0.2) is 9.69 Å². The van der Waals surface area contributed by atoms with Crippen LogP contribution in [0.25, 0.3) is 20.3 Å². The summed E-state index contributed by atoms with van der Waals surface area (Å²) in [6.45, 7) is 32.4. The summed E-state index contributed by atoms with van der Waals surface area (Å²) in [5.41, 5.74) is 10.9. The number of amidine groups is 1. The molecule has 6 N–H and O–H groups in total. The molecule has 0 saturated heterocycles. The summed E-state index contributed by atoms with van der Waals surface area (Å²) in [4.78, 5) is 21.7. The van der Waals surface area contributed by atoms with Gasteiger partial charge < -0.3 is 20.5 Å². The van der Waals surface area contributed by atoms with Crippen molar-refractivity contribution in [2.75, 3.05) is 11.2 Å². The minimum atomic E-state index is -0.497. The number of hydrazone groups is 1. The standard InChI is InChI=1S/C17H16N6O.C9H7NO.C8H12N4/c1-17(2,3)14-12(10-18)15(21-20-14)22-23-16(19-4)13(24)11-8-6-5-7-9-11;1-10-7-9(11)8-5-3-2-4-6-8;1-8(2,3)6-5(10-4)7(9)12-11-6/h5-9H,1-3H3,(H2,20,21,22);2-7,11H;1-3H3,(H3,9,11,12)/b;9-7+;. The number of nitrogen functional groups attached to an aromatic ring is 1. The monoisotopic (exact) mass is 629 g/mol. The van der Waals surface area contributed by atoms with E-state index in [4.69, 9.17) is 30.6 Å². The molecule has 0 saturated carbocycles. The van der Waals surface area contributed by atoms with E-state index in [0.717, 1.165) is 11.9 Å². The van der Waals surface area contributed by atoms with E-state index in [2.05, 4.69) is 51.5 Å². The van der Waals surface area contributed by atoms with Crippen molar-refractivity contribution in [3.63, 3.8) is 0 Å². The number of carbonyl (C=O) groups is 1. The number of ketones is 1. The van der Waals surface area contributed by atoms with Crippen LogP contribution in [0, 0.1) is 31.0 Å². The summed E-state index contributed by atoms with van der Waals surface area (Å²) >= 11 is 0. The summed E-state index contributed by atoms with van der Waals surface area (Å²) in [7, 11) is 0. The molecular formula is C34H35N11O2. The molecular weight excluding hydrogens is 594 g/mol. The van der Waals surface area contributed by atoms with Crippen LogP contribution in [0.1, 0.15) is 74.4 Å². The Bertz CT molecular complexity index is 1900. The van der Waals surface area contributed by atoms with Crippen molar-refractivity contribution < 1.29 is 9.90 Å². The van der Waals surface area contributed by atoms with Crippen LogP contribution in [-0.2, 0) is 10.8 Å². The third-order valence-corrected chi connectivity index (χ3v) is 6.13. The Kier molecular flexibility index (Phi) is 12.7. The molecule has 0 amide bonds. The van der Waals surface area contributed by atoms with Crippen LogP contribution in [0.3, 0.4) is 0 Å². The number of nitrogens with two attached hydrogens (primary N) is 1. The van der Waals surface area contributed by atoms with Crippen molar-refractivity contribution in [2.24, 2.45) is 5.10 Å². The molecule has 0 unspecified atom stereocenters. The van der Waals surface area contributed by atoms with Crippen molar-refractivity contribution in [1.29, 1.82) is 5.26 Å². The SMILES string of the molecule is [C-]#[N+]/C=C(/O)c1ccccc1.[C-]#[N+]C(=NNc1n[nH]c(C(C)(C)C)c1C#N)C(=O)c1ccccc1.[C-]#[N+]c1c(N)n[nH]c1C(C)(C)C. The molecule has 47 heavy (non-hydrogen) atoms. The number of H-pyrrole nitrogens is 2. The van der Waals surface area contributed by atoms with Gasteiger partial charge in [0.05, 0.1) is 18.8 Å². The van der Waals surface area contributed by atoms with Gasteiger partial charge in [-0.2, -0.15) is 20.9 Å². The number of aliphatic hydroxyl groups excluding tert-OH is 1. The molecule has 0 fully saturated rings. The highest BCUT2D eigenvalue weighted by atomic mass is 16.3. The molecule has 0 atom stereocenters. The van der Waals surface area contributed by atoms with Gasteiger partial charge in [-0.1, -0.05) is 109 Å². The zero-order chi connectivity index (χ0) is 35.2. The lowest BCUT2D eigenvalue weighted by Crippen LogP contribution is -2.14. The largest absolute Gasteiger partial charge is 0.519 e. The fourth-order valence-electron chi connectivity index (χ4n) is 3.76. The molecule has 2 aromatic heterocycles. The first-order chi connectivity index (χ1) is 22.2. The molecule has 4 aromatic rings. The highest BCUT2D eigenvalue weighted by Crippen LogP contribution is 2.33. The number of rotatable bonds is 5. The second-order valence-electron chi connectivity index (χ2n) is 11.7. The number of aromatic nitrogens is 4. The van der Waals surface area contributed by atoms with Crippen molar-refractivity contribution in [1.82, 2.24) is 20.4 Å². The lowest BCUT2D eigenvalue weighted by molar-refractivity contribution is 0.106. The van der Waals surface area contributed by atoms with E-state index < -0.39 is 5.78 Å². The average Bonchev–Trinajstić information content (AvgIpc) is 3.66. The van der Waals surface area contributed by atoms with Crippen LogP contribution >= 0.6 is 0 Å². The maximum atomic E-state index is 12.2. The molecule has 0 spiro atoms. The number of benzene rings is 2. The summed E-state index contributed by atoms with van der Waals surface area (Å²) in [5.74, 6) is -0.339. The predicted octanol–water partition coefficient (Wildman–Crippen LogP) is 7.41. The van der Waals surface area contributed by atoms with Crippen LogP contribution in [0.15, 0.2) is 72.0 Å². The summed E-state index contributed by atoms with van der Waals surface area (Å²) in [6.07, 6.45) is 1.09. The van der Waals surface area contributed by atoms with E-state index in [1.54, 1.807) is 42.5 Å². The Hall–Kier alpha value is -6.70. The van der Waals surface area contributed by atoms with E-state index in [1.165, 1.54) is 0 Å². The molecule has 0 bridgehead atoms. The molecule has 0 aliphatic heterocycles. The van der Waals surface area contributed by atoms with Gasteiger partial charge in [0.25, 0.3) is 5.69 Å². The lowest BCUT2D eigenvalue weighted by Gasteiger charge is -2.16. The number of Topliss-reactive ketones (excluding diaryl/α,β-unsaturated/α-hetero) is 1. The van der Waals surface area contributed by atoms with Crippen molar-refractivity contribution in [3.8, 4) is 6.07 Å². The van der Waals surface area contributed by atoms with Crippen LogP contribution in [0.5, 0.6) is 0 Å². The minimum Gasteiger partial charge on any atom is -0.519 e. The molecule has 13 nitrogen and oxygen atoms in total. The van der Waals surface area contributed by atoms with Crippen molar-refractivity contribution in [2.45, 2.75) is 52.4 Å². The molecule has 2 aromatic carbocycles. The highest BCUT2D eigenvalue weighted by molar-refractivity contribution is 6.48. The van der Waals surface area contributed by atoms with Gasteiger partial charge in [0.1, 0.15) is 17.4 Å². The maximum Gasteiger partial charge on any atom is 0.341 e. The number of hydrogen-bond acceptors (Lipinski definition) is 8. The Morgan fingerprint density at radius 1 is 0.936 bits per heavy atom. The third kappa shape index (κ3) is 10.2. The van der Waals surface area contributed by atoms with Gasteiger partial charge in [0.15, 0.2) is 12.0 Å². The van der Waals surface area contributed by atoms with Crippen molar-refractivity contribution in [3.05, 3.63) is 129 Å². The number of nitriles is 1. The fraction of sp³-hybridized carbons (Fsp3) is 0.235.